The molecule has 2 rings (SSSR count). The molecule has 0 aromatic rings. The highest BCUT2D eigenvalue weighted by atomic mass is 16.1. The van der Waals surface area contributed by atoms with E-state index in [1.807, 2.05) is 0 Å². The van der Waals surface area contributed by atoms with Crippen LogP contribution in [0, 0.1) is 10.8 Å². The van der Waals surface area contributed by atoms with E-state index in [0.717, 1.165) is 19.4 Å². The SMILES string of the molecule is CC1(CNC(=O)CC2(CN)CCC2)CCCCC1. The molecule has 2 aliphatic rings. The maximum atomic E-state index is 12.0. The summed E-state index contributed by atoms with van der Waals surface area (Å²) in [5, 5.41) is 3.16. The molecule has 0 spiro atoms. The molecule has 0 aliphatic heterocycles. The second kappa shape index (κ2) is 5.60. The molecule has 3 N–H and O–H groups in total. The minimum absolute atomic E-state index is 0.136. The van der Waals surface area contributed by atoms with Crippen LogP contribution in [0.5, 0.6) is 0 Å². The van der Waals surface area contributed by atoms with Crippen LogP contribution < -0.4 is 11.1 Å². The van der Waals surface area contributed by atoms with Crippen LogP contribution in [0.15, 0.2) is 0 Å². The van der Waals surface area contributed by atoms with Crippen molar-refractivity contribution in [3.63, 3.8) is 0 Å². The fourth-order valence-electron chi connectivity index (χ4n) is 3.43. The Morgan fingerprint density at radius 2 is 1.78 bits per heavy atom. The van der Waals surface area contributed by atoms with E-state index in [9.17, 15) is 4.79 Å². The number of nitrogens with two attached hydrogens (primary N) is 1. The molecule has 0 radical (unpaired) electrons. The van der Waals surface area contributed by atoms with E-state index < -0.39 is 0 Å². The van der Waals surface area contributed by atoms with Crippen LogP contribution in [0.2, 0.25) is 0 Å². The molecule has 0 aromatic carbocycles. The molecule has 0 aromatic heterocycles. The van der Waals surface area contributed by atoms with Crippen LogP contribution in [0.1, 0.15) is 64.7 Å². The first kappa shape index (κ1) is 13.9. The van der Waals surface area contributed by atoms with Gasteiger partial charge in [0.15, 0.2) is 0 Å². The molecule has 2 aliphatic carbocycles. The van der Waals surface area contributed by atoms with Gasteiger partial charge < -0.3 is 11.1 Å². The lowest BCUT2D eigenvalue weighted by Crippen LogP contribution is -2.44. The van der Waals surface area contributed by atoms with Crippen molar-refractivity contribution in [3.05, 3.63) is 0 Å². The van der Waals surface area contributed by atoms with Gasteiger partial charge in [0.1, 0.15) is 0 Å². The minimum Gasteiger partial charge on any atom is -0.356 e. The van der Waals surface area contributed by atoms with E-state index in [1.165, 1.54) is 38.5 Å². The number of nitrogens with one attached hydrogen (secondary N) is 1. The predicted octanol–water partition coefficient (Wildman–Crippen LogP) is 2.59. The van der Waals surface area contributed by atoms with Crippen LogP contribution in [0.3, 0.4) is 0 Å². The van der Waals surface area contributed by atoms with Crippen molar-refractivity contribution in [2.24, 2.45) is 16.6 Å². The highest BCUT2D eigenvalue weighted by Crippen LogP contribution is 2.43. The van der Waals surface area contributed by atoms with Gasteiger partial charge in [-0.1, -0.05) is 32.6 Å². The summed E-state index contributed by atoms with van der Waals surface area (Å²) >= 11 is 0. The smallest absolute Gasteiger partial charge is 0.220 e. The standard InChI is InChI=1S/C15H28N2O/c1-14(6-3-2-4-7-14)12-17-13(18)10-15(11-16)8-5-9-15/h2-12,16H2,1H3,(H,17,18). The fourth-order valence-corrected chi connectivity index (χ4v) is 3.43. The quantitative estimate of drug-likeness (QED) is 0.790. The molecule has 3 heteroatoms. The molecule has 0 unspecified atom stereocenters. The maximum Gasteiger partial charge on any atom is 0.220 e. The molecular formula is C15H28N2O. The Morgan fingerprint density at radius 3 is 2.28 bits per heavy atom. The molecule has 2 fully saturated rings. The van der Waals surface area contributed by atoms with Crippen molar-refractivity contribution in [1.82, 2.24) is 5.32 Å². The molecule has 2 saturated carbocycles. The largest absolute Gasteiger partial charge is 0.356 e. The van der Waals surface area contributed by atoms with E-state index >= 15 is 0 Å². The zero-order chi connectivity index (χ0) is 13.1. The molecule has 3 nitrogen and oxygen atoms in total. The first-order valence-electron chi connectivity index (χ1n) is 7.54. The second-order valence-electron chi connectivity index (χ2n) is 6.88. The molecule has 104 valence electrons. The number of amides is 1. The van der Waals surface area contributed by atoms with Gasteiger partial charge in [-0.05, 0) is 43.1 Å². The Morgan fingerprint density at radius 1 is 1.11 bits per heavy atom. The van der Waals surface area contributed by atoms with Gasteiger partial charge in [0, 0.05) is 13.0 Å². The third-order valence-corrected chi connectivity index (χ3v) is 5.16. The van der Waals surface area contributed by atoms with Gasteiger partial charge in [-0.3, -0.25) is 4.79 Å². The summed E-state index contributed by atoms with van der Waals surface area (Å²) in [6, 6.07) is 0. The Bertz CT molecular complexity index is 285. The number of hydrogen-bond acceptors (Lipinski definition) is 2. The summed E-state index contributed by atoms with van der Waals surface area (Å²) < 4.78 is 0. The van der Waals surface area contributed by atoms with Crippen molar-refractivity contribution in [2.45, 2.75) is 64.7 Å². The average Bonchev–Trinajstić information content (AvgIpc) is 2.32. The van der Waals surface area contributed by atoms with Gasteiger partial charge >= 0.3 is 0 Å². The average molecular weight is 252 g/mol. The number of carbonyl (C=O) groups excluding carboxylic acids is 1. The Kier molecular flexibility index (Phi) is 4.31. The van der Waals surface area contributed by atoms with Crippen molar-refractivity contribution < 1.29 is 4.79 Å². The van der Waals surface area contributed by atoms with Gasteiger partial charge in [-0.15, -0.1) is 0 Å². The normalized spacial score (nSPS) is 25.2. The lowest BCUT2D eigenvalue weighted by molar-refractivity contribution is -0.125. The minimum atomic E-state index is 0.136. The van der Waals surface area contributed by atoms with Crippen LogP contribution in [-0.2, 0) is 4.79 Å². The molecule has 0 bridgehead atoms. The van der Waals surface area contributed by atoms with Gasteiger partial charge in [-0.2, -0.15) is 0 Å². The molecule has 0 heterocycles. The predicted molar refractivity (Wildman–Crippen MR) is 74.2 cm³/mol. The maximum absolute atomic E-state index is 12.0. The molecule has 1 amide bonds. The lowest BCUT2D eigenvalue weighted by atomic mass is 9.66. The van der Waals surface area contributed by atoms with Gasteiger partial charge in [0.05, 0.1) is 0 Å². The van der Waals surface area contributed by atoms with Crippen molar-refractivity contribution in [2.75, 3.05) is 13.1 Å². The van der Waals surface area contributed by atoms with Gasteiger partial charge in [-0.25, -0.2) is 0 Å². The second-order valence-corrected chi connectivity index (χ2v) is 6.88. The van der Waals surface area contributed by atoms with Crippen molar-refractivity contribution in [3.8, 4) is 0 Å². The number of hydrogen-bond donors (Lipinski definition) is 2. The van der Waals surface area contributed by atoms with Crippen LogP contribution in [0.25, 0.3) is 0 Å². The highest BCUT2D eigenvalue weighted by Gasteiger charge is 2.37. The number of carbonyl (C=O) groups is 1. The number of rotatable bonds is 5. The van der Waals surface area contributed by atoms with Gasteiger partial charge in [0.25, 0.3) is 0 Å². The van der Waals surface area contributed by atoms with Crippen LogP contribution >= 0.6 is 0 Å². The highest BCUT2D eigenvalue weighted by molar-refractivity contribution is 5.76. The summed E-state index contributed by atoms with van der Waals surface area (Å²) in [5.41, 5.74) is 6.28. The van der Waals surface area contributed by atoms with E-state index in [-0.39, 0.29) is 11.3 Å². The lowest BCUT2D eigenvalue weighted by Gasteiger charge is -2.41. The summed E-state index contributed by atoms with van der Waals surface area (Å²) in [4.78, 5) is 12.0. The third-order valence-electron chi connectivity index (χ3n) is 5.16. The van der Waals surface area contributed by atoms with Crippen LogP contribution in [0.4, 0.5) is 0 Å². The monoisotopic (exact) mass is 252 g/mol. The van der Waals surface area contributed by atoms with E-state index in [2.05, 4.69) is 12.2 Å². The fraction of sp³-hybridized carbons (Fsp3) is 0.933. The van der Waals surface area contributed by atoms with E-state index in [1.54, 1.807) is 0 Å². The third kappa shape index (κ3) is 3.25. The zero-order valence-corrected chi connectivity index (χ0v) is 11.8. The molecule has 0 saturated heterocycles. The van der Waals surface area contributed by atoms with E-state index in [0.29, 0.717) is 18.4 Å². The first-order valence-corrected chi connectivity index (χ1v) is 7.54. The Labute approximate surface area is 111 Å². The van der Waals surface area contributed by atoms with Crippen molar-refractivity contribution >= 4 is 5.91 Å². The summed E-state index contributed by atoms with van der Waals surface area (Å²) in [6.45, 7) is 3.83. The van der Waals surface area contributed by atoms with Crippen molar-refractivity contribution in [1.29, 1.82) is 0 Å². The zero-order valence-electron chi connectivity index (χ0n) is 11.8. The molecule has 18 heavy (non-hydrogen) atoms. The Balaban J connectivity index is 1.74. The summed E-state index contributed by atoms with van der Waals surface area (Å²) in [7, 11) is 0. The Hall–Kier alpha value is -0.570. The summed E-state index contributed by atoms with van der Waals surface area (Å²) in [5.74, 6) is 0.215. The van der Waals surface area contributed by atoms with Crippen LogP contribution in [-0.4, -0.2) is 19.0 Å². The molecular weight excluding hydrogens is 224 g/mol. The van der Waals surface area contributed by atoms with Gasteiger partial charge in [0.2, 0.25) is 5.91 Å². The van der Waals surface area contributed by atoms with E-state index in [4.69, 9.17) is 5.73 Å². The molecule has 0 atom stereocenters. The first-order chi connectivity index (χ1) is 8.58. The summed E-state index contributed by atoms with van der Waals surface area (Å²) in [6.07, 6.45) is 10.7. The topological polar surface area (TPSA) is 55.1 Å².